The van der Waals surface area contributed by atoms with Gasteiger partial charge < -0.3 is 35.0 Å². The molecule has 6 rings (SSSR count). The van der Waals surface area contributed by atoms with E-state index in [4.69, 9.17) is 9.47 Å². The Morgan fingerprint density at radius 1 is 0.581 bits per heavy atom. The van der Waals surface area contributed by atoms with E-state index in [2.05, 4.69) is 0 Å². The lowest BCUT2D eigenvalue weighted by molar-refractivity contribution is -0.132. The summed E-state index contributed by atoms with van der Waals surface area (Å²) in [6.45, 7) is 0. The molecular formula is C33H20O10. The molecule has 0 saturated heterocycles. The van der Waals surface area contributed by atoms with Crippen molar-refractivity contribution in [3.63, 3.8) is 0 Å². The molecule has 0 saturated carbocycles. The van der Waals surface area contributed by atoms with Gasteiger partial charge in [0.05, 0.1) is 5.39 Å². The van der Waals surface area contributed by atoms with E-state index in [1.165, 1.54) is 18.2 Å². The van der Waals surface area contributed by atoms with Gasteiger partial charge in [0.2, 0.25) is 5.43 Å². The number of ether oxygens (including phenoxy) is 2. The van der Waals surface area contributed by atoms with Gasteiger partial charge in [0.25, 0.3) is 0 Å². The zero-order valence-corrected chi connectivity index (χ0v) is 21.9. The highest BCUT2D eigenvalue weighted by Crippen LogP contribution is 2.42. The molecule has 5 N–H and O–H groups in total. The van der Waals surface area contributed by atoms with Crippen LogP contribution in [0.2, 0.25) is 0 Å². The molecule has 4 aromatic carbocycles. The van der Waals surface area contributed by atoms with E-state index in [1.807, 2.05) is 0 Å². The summed E-state index contributed by atoms with van der Waals surface area (Å²) >= 11 is 0. The number of esters is 2. The normalized spacial score (nSPS) is 16.8. The molecule has 0 aliphatic carbocycles. The quantitative estimate of drug-likeness (QED) is 0.164. The Kier molecular flexibility index (Phi) is 6.43. The lowest BCUT2D eigenvalue weighted by Crippen LogP contribution is -1.98. The number of phenols is 2. The second-order valence-corrected chi connectivity index (χ2v) is 9.60. The van der Waals surface area contributed by atoms with Gasteiger partial charge in [0.15, 0.2) is 40.3 Å². The number of aliphatic hydroxyl groups is 2. The van der Waals surface area contributed by atoms with Crippen LogP contribution in [0.1, 0.15) is 22.3 Å². The van der Waals surface area contributed by atoms with Crippen LogP contribution in [0.5, 0.6) is 17.2 Å². The molecule has 212 valence electrons. The van der Waals surface area contributed by atoms with Crippen LogP contribution in [0, 0.1) is 0 Å². The summed E-state index contributed by atoms with van der Waals surface area (Å²) in [6, 6.07) is 20.0. The van der Waals surface area contributed by atoms with Gasteiger partial charge in [0.1, 0.15) is 11.1 Å². The first-order valence-electron chi connectivity index (χ1n) is 12.8. The lowest BCUT2D eigenvalue weighted by Gasteiger charge is -2.07. The summed E-state index contributed by atoms with van der Waals surface area (Å²) in [5.74, 6) is -5.63. The first-order chi connectivity index (χ1) is 20.6. The third-order valence-corrected chi connectivity index (χ3v) is 6.89. The summed E-state index contributed by atoms with van der Waals surface area (Å²) in [5, 5.41) is 53.0. The Labute approximate surface area is 242 Å². The van der Waals surface area contributed by atoms with E-state index in [9.17, 15) is 39.9 Å². The molecule has 0 amide bonds. The number of fused-ring (bicyclic) bond motifs is 1. The Morgan fingerprint density at radius 2 is 1.09 bits per heavy atom. The van der Waals surface area contributed by atoms with Crippen LogP contribution in [0.4, 0.5) is 0 Å². The molecule has 0 spiro atoms. The maximum absolute atomic E-state index is 12.9. The third kappa shape index (κ3) is 4.62. The molecule has 0 fully saturated rings. The molecule has 0 atom stereocenters. The number of carbonyl (C=O) groups excluding carboxylic acids is 2. The average Bonchev–Trinajstić information content (AvgIpc) is 3.38. The van der Waals surface area contributed by atoms with Crippen LogP contribution in [0.25, 0.3) is 34.1 Å². The van der Waals surface area contributed by atoms with Crippen molar-refractivity contribution >= 4 is 46.0 Å². The Morgan fingerprint density at radius 3 is 1.63 bits per heavy atom. The van der Waals surface area contributed by atoms with Crippen LogP contribution in [-0.2, 0) is 19.1 Å². The summed E-state index contributed by atoms with van der Waals surface area (Å²) < 4.78 is 10.5. The number of aliphatic hydroxyl groups excluding tert-OH is 2. The topological polar surface area (TPSA) is 171 Å². The summed E-state index contributed by atoms with van der Waals surface area (Å²) in [5.41, 5.74) is -0.310. The molecule has 0 aromatic heterocycles. The number of phenolic OH excluding ortho intramolecular Hbond substituents is 2. The van der Waals surface area contributed by atoms with Gasteiger partial charge in [-0.1, -0.05) is 60.7 Å². The average molecular weight is 577 g/mol. The molecule has 2 aliphatic heterocycles. The van der Waals surface area contributed by atoms with Crippen LogP contribution < -0.4 is 5.43 Å². The second kappa shape index (κ2) is 10.3. The van der Waals surface area contributed by atoms with Crippen molar-refractivity contribution in [3.8, 4) is 17.2 Å². The van der Waals surface area contributed by atoms with E-state index >= 15 is 0 Å². The highest BCUT2D eigenvalue weighted by atomic mass is 16.6. The maximum atomic E-state index is 12.9. The molecule has 0 bridgehead atoms. The SMILES string of the molecule is O=C1O/C(=C\c2cc(=O)c(O)c3c(O)c(O)cc(/C=C4\OC(=O)C(c5ccccc5)=C4O)c3c2)C(O)=C1c1ccccc1. The summed E-state index contributed by atoms with van der Waals surface area (Å²) in [6.07, 6.45) is 2.37. The fourth-order valence-electron chi connectivity index (χ4n) is 4.89. The predicted octanol–water partition coefficient (Wildman–Crippen LogP) is 5.05. The van der Waals surface area contributed by atoms with Crippen molar-refractivity contribution in [3.05, 3.63) is 134 Å². The summed E-state index contributed by atoms with van der Waals surface area (Å²) in [7, 11) is 0. The van der Waals surface area contributed by atoms with Gasteiger partial charge in [-0.2, -0.15) is 0 Å². The van der Waals surface area contributed by atoms with Crippen molar-refractivity contribution in [2.24, 2.45) is 0 Å². The highest BCUT2D eigenvalue weighted by molar-refractivity contribution is 6.21. The molecule has 0 radical (unpaired) electrons. The first-order valence-corrected chi connectivity index (χ1v) is 12.8. The van der Waals surface area contributed by atoms with Crippen LogP contribution >= 0.6 is 0 Å². The van der Waals surface area contributed by atoms with Gasteiger partial charge in [-0.3, -0.25) is 4.79 Å². The van der Waals surface area contributed by atoms with E-state index in [1.54, 1.807) is 60.7 Å². The molecule has 0 unspecified atom stereocenters. The number of hydrogen-bond acceptors (Lipinski definition) is 10. The number of benzene rings is 3. The van der Waals surface area contributed by atoms with Crippen LogP contribution in [0.15, 0.2) is 107 Å². The Hall–Kier alpha value is -6.29. The van der Waals surface area contributed by atoms with E-state index in [0.29, 0.717) is 11.1 Å². The van der Waals surface area contributed by atoms with Gasteiger partial charge in [0, 0.05) is 0 Å². The zero-order chi connectivity index (χ0) is 30.4. The van der Waals surface area contributed by atoms with Crippen molar-refractivity contribution in [1.29, 1.82) is 0 Å². The lowest BCUT2D eigenvalue weighted by atomic mass is 10.0. The standard InChI is InChI=1S/C33H20O10/c34-21-12-16(13-23-30(38)25(32(40)42-23)17-7-3-1-4-8-17)11-20-19(14-22(35)29(37)27(20)28(21)36)15-24-31(39)26(33(41)43-24)18-9-5-2-6-10-18/h1-15,35,37-39H,(H,34,36)/b23-13-,24-15-. The van der Waals surface area contributed by atoms with Crippen LogP contribution in [-0.4, -0.2) is 37.5 Å². The number of cyclic esters (lactones) is 2. The minimum absolute atomic E-state index is 0.0210. The monoisotopic (exact) mass is 576 g/mol. The largest absolute Gasteiger partial charge is 0.504 e. The minimum Gasteiger partial charge on any atom is -0.504 e. The first kappa shape index (κ1) is 26.9. The van der Waals surface area contributed by atoms with Crippen LogP contribution in [0.3, 0.4) is 0 Å². The highest BCUT2D eigenvalue weighted by Gasteiger charge is 2.32. The van der Waals surface area contributed by atoms with Gasteiger partial charge in [-0.05, 0) is 58.0 Å². The fraction of sp³-hybridized carbons (Fsp3) is 0. The predicted molar refractivity (Wildman–Crippen MR) is 155 cm³/mol. The fourth-order valence-corrected chi connectivity index (χ4v) is 4.89. The number of carbonyl (C=O) groups is 2. The Bertz CT molecular complexity index is 2050. The second-order valence-electron chi connectivity index (χ2n) is 9.60. The van der Waals surface area contributed by atoms with Crippen molar-refractivity contribution in [2.45, 2.75) is 0 Å². The zero-order valence-electron chi connectivity index (χ0n) is 21.9. The molecule has 2 heterocycles. The number of aromatic hydroxyl groups is 3. The van der Waals surface area contributed by atoms with E-state index < -0.39 is 51.5 Å². The van der Waals surface area contributed by atoms with Gasteiger partial charge >= 0.3 is 11.9 Å². The number of rotatable bonds is 4. The van der Waals surface area contributed by atoms with Gasteiger partial charge in [-0.25, -0.2) is 9.59 Å². The molecule has 2 aliphatic rings. The van der Waals surface area contributed by atoms with Crippen molar-refractivity contribution < 1.29 is 44.6 Å². The van der Waals surface area contributed by atoms with Crippen molar-refractivity contribution in [2.75, 3.05) is 0 Å². The Balaban J connectivity index is 1.55. The molecular weight excluding hydrogens is 556 g/mol. The minimum atomic E-state index is -0.973. The smallest absolute Gasteiger partial charge is 0.348 e. The molecule has 4 aromatic rings. The van der Waals surface area contributed by atoms with E-state index in [-0.39, 0.29) is 39.2 Å². The molecule has 43 heavy (non-hydrogen) atoms. The maximum Gasteiger partial charge on any atom is 0.348 e. The number of hydrogen-bond donors (Lipinski definition) is 5. The van der Waals surface area contributed by atoms with Crippen molar-refractivity contribution in [1.82, 2.24) is 0 Å². The molecule has 10 heteroatoms. The van der Waals surface area contributed by atoms with E-state index in [0.717, 1.165) is 12.1 Å². The van der Waals surface area contributed by atoms with Gasteiger partial charge in [-0.15, -0.1) is 0 Å². The molecule has 10 nitrogen and oxygen atoms in total. The summed E-state index contributed by atoms with van der Waals surface area (Å²) in [4.78, 5) is 38.1. The third-order valence-electron chi connectivity index (χ3n) is 6.89.